The molecule has 0 radical (unpaired) electrons. The second-order valence-corrected chi connectivity index (χ2v) is 5.38. The molecule has 0 amide bonds. The van der Waals surface area contributed by atoms with Crippen LogP contribution in [-0.4, -0.2) is 15.9 Å². The van der Waals surface area contributed by atoms with E-state index in [0.29, 0.717) is 10.9 Å². The first-order valence-corrected chi connectivity index (χ1v) is 6.05. The number of hydrogen-bond acceptors (Lipinski definition) is 5. The Hall–Kier alpha value is -2.50. The predicted molar refractivity (Wildman–Crippen MR) is 73.5 cm³/mol. The van der Waals surface area contributed by atoms with E-state index in [-0.39, 0.29) is 11.4 Å². The molecule has 0 unspecified atom stereocenters. The first kappa shape index (κ1) is 13.9. The van der Waals surface area contributed by atoms with Gasteiger partial charge < -0.3 is 4.74 Å². The molecule has 0 aliphatic heterocycles. The van der Waals surface area contributed by atoms with Gasteiger partial charge in [0.15, 0.2) is 5.75 Å². The van der Waals surface area contributed by atoms with Gasteiger partial charge >= 0.3 is 5.97 Å². The first-order chi connectivity index (χ1) is 9.30. The Balaban J connectivity index is 2.54. The van der Waals surface area contributed by atoms with Gasteiger partial charge in [-0.15, -0.1) is 0 Å². The first-order valence-electron chi connectivity index (χ1n) is 6.05. The number of hydrogen-bond donors (Lipinski definition) is 0. The molecule has 0 saturated heterocycles. The zero-order valence-corrected chi connectivity index (χ0v) is 11.4. The number of pyridine rings is 1. The number of benzene rings is 1. The van der Waals surface area contributed by atoms with Crippen LogP contribution in [0.5, 0.6) is 5.75 Å². The molecule has 0 atom stereocenters. The number of non-ortho nitro benzene ring substituents is 1. The van der Waals surface area contributed by atoms with Gasteiger partial charge in [-0.2, -0.15) is 0 Å². The minimum absolute atomic E-state index is 0.0661. The molecular formula is C14H14N2O4. The van der Waals surface area contributed by atoms with Gasteiger partial charge in [0, 0.05) is 12.3 Å². The van der Waals surface area contributed by atoms with Crippen LogP contribution in [0.15, 0.2) is 30.5 Å². The zero-order chi connectivity index (χ0) is 14.9. The van der Waals surface area contributed by atoms with E-state index < -0.39 is 16.3 Å². The number of ether oxygens (including phenoxy) is 1. The zero-order valence-electron chi connectivity index (χ0n) is 11.4. The van der Waals surface area contributed by atoms with E-state index in [1.807, 2.05) is 0 Å². The van der Waals surface area contributed by atoms with Gasteiger partial charge in [0.25, 0.3) is 5.69 Å². The van der Waals surface area contributed by atoms with Crippen molar-refractivity contribution in [1.82, 2.24) is 4.98 Å². The minimum atomic E-state index is -0.664. The predicted octanol–water partition coefficient (Wildman–Crippen LogP) is 3.09. The third kappa shape index (κ3) is 2.59. The van der Waals surface area contributed by atoms with E-state index in [1.54, 1.807) is 32.9 Å². The lowest BCUT2D eigenvalue weighted by molar-refractivity contribution is -0.383. The molecule has 2 rings (SSSR count). The SMILES string of the molecule is CC(C)(C)C(=O)Oc1ccc([N+](=O)[O-])c2cccnc12. The van der Waals surface area contributed by atoms with Gasteiger partial charge in [-0.05, 0) is 39.0 Å². The number of carbonyl (C=O) groups excluding carboxylic acids is 1. The summed E-state index contributed by atoms with van der Waals surface area (Å²) >= 11 is 0. The van der Waals surface area contributed by atoms with E-state index in [9.17, 15) is 14.9 Å². The van der Waals surface area contributed by atoms with Crippen molar-refractivity contribution in [1.29, 1.82) is 0 Å². The smallest absolute Gasteiger partial charge is 0.316 e. The molecule has 0 fully saturated rings. The average molecular weight is 274 g/mol. The highest BCUT2D eigenvalue weighted by atomic mass is 16.6. The molecule has 1 aromatic carbocycles. The van der Waals surface area contributed by atoms with Gasteiger partial charge in [-0.3, -0.25) is 19.9 Å². The van der Waals surface area contributed by atoms with Crippen molar-refractivity contribution < 1.29 is 14.5 Å². The summed E-state index contributed by atoms with van der Waals surface area (Å²) in [6, 6.07) is 5.89. The molecular weight excluding hydrogens is 260 g/mol. The van der Waals surface area contributed by atoms with Crippen LogP contribution in [0.4, 0.5) is 5.69 Å². The van der Waals surface area contributed by atoms with Gasteiger partial charge in [0.05, 0.1) is 15.7 Å². The Morgan fingerprint density at radius 3 is 2.60 bits per heavy atom. The lowest BCUT2D eigenvalue weighted by Gasteiger charge is -2.16. The fraction of sp³-hybridized carbons (Fsp3) is 0.286. The van der Waals surface area contributed by atoms with Crippen molar-refractivity contribution in [2.45, 2.75) is 20.8 Å². The van der Waals surface area contributed by atoms with Crippen LogP contribution < -0.4 is 4.74 Å². The molecule has 1 heterocycles. The largest absolute Gasteiger partial charge is 0.424 e. The highest BCUT2D eigenvalue weighted by Crippen LogP contribution is 2.32. The molecule has 0 aliphatic rings. The fourth-order valence-corrected chi connectivity index (χ4v) is 1.63. The third-order valence-corrected chi connectivity index (χ3v) is 2.72. The summed E-state index contributed by atoms with van der Waals surface area (Å²) in [4.78, 5) is 26.5. The summed E-state index contributed by atoms with van der Waals surface area (Å²) in [6.07, 6.45) is 1.50. The molecule has 6 nitrogen and oxygen atoms in total. The molecule has 0 spiro atoms. The van der Waals surface area contributed by atoms with Gasteiger partial charge in [0.2, 0.25) is 0 Å². The maximum atomic E-state index is 11.9. The van der Waals surface area contributed by atoms with Crippen molar-refractivity contribution in [3.63, 3.8) is 0 Å². The van der Waals surface area contributed by atoms with Crippen LogP contribution in [0.2, 0.25) is 0 Å². The Kier molecular flexibility index (Phi) is 3.40. The second-order valence-electron chi connectivity index (χ2n) is 5.38. The Bertz CT molecular complexity index is 689. The molecule has 6 heteroatoms. The number of nitrogens with zero attached hydrogens (tertiary/aromatic N) is 2. The maximum Gasteiger partial charge on any atom is 0.316 e. The number of esters is 1. The number of rotatable bonds is 2. The Morgan fingerprint density at radius 2 is 2.00 bits per heavy atom. The summed E-state index contributed by atoms with van der Waals surface area (Å²) in [6.45, 7) is 5.20. The summed E-state index contributed by atoms with van der Waals surface area (Å²) < 4.78 is 5.30. The third-order valence-electron chi connectivity index (χ3n) is 2.72. The van der Waals surface area contributed by atoms with Crippen molar-refractivity contribution in [2.24, 2.45) is 5.41 Å². The van der Waals surface area contributed by atoms with Crippen LogP contribution >= 0.6 is 0 Å². The second kappa shape index (κ2) is 4.88. The Labute approximate surface area is 115 Å². The maximum absolute atomic E-state index is 11.9. The summed E-state index contributed by atoms with van der Waals surface area (Å²) in [7, 11) is 0. The molecule has 0 N–H and O–H groups in total. The summed E-state index contributed by atoms with van der Waals surface area (Å²) in [5.41, 5.74) is -0.425. The fourth-order valence-electron chi connectivity index (χ4n) is 1.63. The van der Waals surface area contributed by atoms with E-state index in [0.717, 1.165) is 0 Å². The van der Waals surface area contributed by atoms with Crippen molar-refractivity contribution in [3.8, 4) is 5.75 Å². The van der Waals surface area contributed by atoms with Crippen LogP contribution in [0.25, 0.3) is 10.9 Å². The highest BCUT2D eigenvalue weighted by Gasteiger charge is 2.25. The van der Waals surface area contributed by atoms with Crippen LogP contribution in [0.3, 0.4) is 0 Å². The molecule has 0 saturated carbocycles. The van der Waals surface area contributed by atoms with Gasteiger partial charge in [0.1, 0.15) is 5.52 Å². The number of aromatic nitrogens is 1. The Morgan fingerprint density at radius 1 is 1.30 bits per heavy atom. The number of carbonyl (C=O) groups is 1. The average Bonchev–Trinajstić information content (AvgIpc) is 2.37. The number of nitro groups is 1. The highest BCUT2D eigenvalue weighted by molar-refractivity contribution is 5.94. The topological polar surface area (TPSA) is 82.3 Å². The monoisotopic (exact) mass is 274 g/mol. The number of fused-ring (bicyclic) bond motifs is 1. The number of nitro benzene ring substituents is 1. The van der Waals surface area contributed by atoms with E-state index >= 15 is 0 Å². The van der Waals surface area contributed by atoms with Crippen molar-refractivity contribution >= 4 is 22.6 Å². The van der Waals surface area contributed by atoms with Gasteiger partial charge in [-0.25, -0.2) is 0 Å². The van der Waals surface area contributed by atoms with Crippen LogP contribution in [-0.2, 0) is 4.79 Å². The van der Waals surface area contributed by atoms with Crippen LogP contribution in [0.1, 0.15) is 20.8 Å². The van der Waals surface area contributed by atoms with Crippen molar-refractivity contribution in [3.05, 3.63) is 40.6 Å². The molecule has 1 aromatic heterocycles. The van der Waals surface area contributed by atoms with E-state index in [4.69, 9.17) is 4.74 Å². The van der Waals surface area contributed by atoms with E-state index in [1.165, 1.54) is 18.3 Å². The summed E-state index contributed by atoms with van der Waals surface area (Å²) in [5, 5.41) is 11.3. The summed E-state index contributed by atoms with van der Waals surface area (Å²) in [5.74, 6) is -0.190. The van der Waals surface area contributed by atoms with Crippen molar-refractivity contribution in [2.75, 3.05) is 0 Å². The molecule has 2 aromatic rings. The molecule has 0 bridgehead atoms. The van der Waals surface area contributed by atoms with E-state index in [2.05, 4.69) is 4.98 Å². The molecule has 0 aliphatic carbocycles. The molecule has 20 heavy (non-hydrogen) atoms. The van der Waals surface area contributed by atoms with Gasteiger partial charge in [-0.1, -0.05) is 0 Å². The lowest BCUT2D eigenvalue weighted by atomic mass is 9.97. The minimum Gasteiger partial charge on any atom is -0.424 e. The van der Waals surface area contributed by atoms with Crippen LogP contribution in [0, 0.1) is 15.5 Å². The quantitative estimate of drug-likeness (QED) is 0.363. The normalized spacial score (nSPS) is 11.3. The lowest BCUT2D eigenvalue weighted by Crippen LogP contribution is -2.25. The molecule has 104 valence electrons. The standard InChI is InChI=1S/C14H14N2O4/c1-14(2,3)13(17)20-11-7-6-10(16(18)19)9-5-4-8-15-12(9)11/h4-8H,1-3H3.